The summed E-state index contributed by atoms with van der Waals surface area (Å²) in [6, 6.07) is 10.7. The molecule has 21 heavy (non-hydrogen) atoms. The zero-order valence-electron chi connectivity index (χ0n) is 11.7. The maximum Gasteiger partial charge on any atom is 0.0951 e. The quantitative estimate of drug-likeness (QED) is 0.690. The Bertz CT molecular complexity index is 794. The van der Waals surface area contributed by atoms with E-state index in [1.165, 1.54) is 29.7 Å². The maximum absolute atomic E-state index is 6.03. The van der Waals surface area contributed by atoms with E-state index in [1.54, 1.807) is 6.20 Å². The average Bonchev–Trinajstić information content (AvgIpc) is 3.00. The molecule has 4 rings (SSSR count). The number of pyridine rings is 1. The largest absolute Gasteiger partial charge is 0.397 e. The summed E-state index contributed by atoms with van der Waals surface area (Å²) in [7, 11) is 0. The molecule has 2 heterocycles. The first-order chi connectivity index (χ1) is 10.3. The smallest absolute Gasteiger partial charge is 0.0951 e. The van der Waals surface area contributed by atoms with Crippen LogP contribution >= 0.6 is 11.3 Å². The Morgan fingerprint density at radius 1 is 1.24 bits per heavy atom. The van der Waals surface area contributed by atoms with Gasteiger partial charge >= 0.3 is 0 Å². The van der Waals surface area contributed by atoms with Crippen molar-refractivity contribution in [1.82, 2.24) is 4.98 Å². The first-order valence-corrected chi connectivity index (χ1v) is 8.17. The molecule has 0 saturated heterocycles. The fourth-order valence-electron chi connectivity index (χ4n) is 3.14. The van der Waals surface area contributed by atoms with Gasteiger partial charge in [-0.25, -0.2) is 0 Å². The van der Waals surface area contributed by atoms with Gasteiger partial charge in [0.25, 0.3) is 0 Å². The first kappa shape index (κ1) is 12.7. The number of benzene rings is 1. The topological polar surface area (TPSA) is 50.9 Å². The third-order valence-corrected chi connectivity index (χ3v) is 5.18. The van der Waals surface area contributed by atoms with Crippen molar-refractivity contribution in [3.8, 4) is 0 Å². The number of rotatable bonds is 2. The van der Waals surface area contributed by atoms with E-state index < -0.39 is 0 Å². The van der Waals surface area contributed by atoms with Gasteiger partial charge in [-0.15, -0.1) is 11.3 Å². The number of nitrogens with zero attached hydrogens (tertiary/aromatic N) is 1. The Labute approximate surface area is 127 Å². The zero-order valence-corrected chi connectivity index (χ0v) is 12.5. The van der Waals surface area contributed by atoms with Gasteiger partial charge in [-0.05, 0) is 60.5 Å². The fourth-order valence-corrected chi connectivity index (χ4v) is 4.13. The van der Waals surface area contributed by atoms with Gasteiger partial charge in [0.15, 0.2) is 0 Å². The highest BCUT2D eigenvalue weighted by molar-refractivity contribution is 7.10. The zero-order chi connectivity index (χ0) is 14.2. The molecule has 3 aromatic rings. The van der Waals surface area contributed by atoms with Gasteiger partial charge in [0, 0.05) is 22.1 Å². The van der Waals surface area contributed by atoms with Crippen molar-refractivity contribution in [2.45, 2.75) is 25.3 Å². The maximum atomic E-state index is 6.03. The molecule has 4 heteroatoms. The number of nitrogens with one attached hydrogen (secondary N) is 1. The fraction of sp³-hybridized carbons (Fsp3) is 0.235. The van der Waals surface area contributed by atoms with E-state index in [2.05, 4.69) is 33.9 Å². The van der Waals surface area contributed by atoms with Crippen LogP contribution in [0.4, 0.5) is 11.4 Å². The van der Waals surface area contributed by atoms with Crippen LogP contribution < -0.4 is 11.1 Å². The molecule has 2 aromatic heterocycles. The van der Waals surface area contributed by atoms with Gasteiger partial charge < -0.3 is 11.1 Å². The second-order valence-electron chi connectivity index (χ2n) is 5.49. The predicted molar refractivity (Wildman–Crippen MR) is 89.8 cm³/mol. The average molecular weight is 295 g/mol. The SMILES string of the molecule is Nc1ccc(NC2CCCc3sccc32)c2cccnc12. The van der Waals surface area contributed by atoms with Gasteiger partial charge in [-0.2, -0.15) is 0 Å². The third-order valence-electron chi connectivity index (χ3n) is 4.18. The number of anilines is 2. The minimum absolute atomic E-state index is 0.395. The van der Waals surface area contributed by atoms with Crippen molar-refractivity contribution < 1.29 is 0 Å². The van der Waals surface area contributed by atoms with E-state index in [0.29, 0.717) is 6.04 Å². The number of hydrogen-bond acceptors (Lipinski definition) is 4. The van der Waals surface area contributed by atoms with Gasteiger partial charge in [-0.1, -0.05) is 0 Å². The molecule has 1 aliphatic carbocycles. The van der Waals surface area contributed by atoms with Crippen LogP contribution in [0.3, 0.4) is 0 Å². The lowest BCUT2D eigenvalue weighted by Gasteiger charge is -2.25. The predicted octanol–water partition coefficient (Wildman–Crippen LogP) is 4.37. The highest BCUT2D eigenvalue weighted by atomic mass is 32.1. The van der Waals surface area contributed by atoms with E-state index in [9.17, 15) is 0 Å². The van der Waals surface area contributed by atoms with Crippen molar-refractivity contribution in [3.05, 3.63) is 52.3 Å². The Hall–Kier alpha value is -2.07. The summed E-state index contributed by atoms with van der Waals surface area (Å²) in [5.74, 6) is 0. The van der Waals surface area contributed by atoms with Crippen molar-refractivity contribution in [2.75, 3.05) is 11.1 Å². The number of aryl methyl sites for hydroxylation is 1. The molecule has 0 saturated carbocycles. The lowest BCUT2D eigenvalue weighted by molar-refractivity contribution is 0.609. The highest BCUT2D eigenvalue weighted by Crippen LogP contribution is 2.37. The normalized spacial score (nSPS) is 17.6. The van der Waals surface area contributed by atoms with Crippen LogP contribution in [0.5, 0.6) is 0 Å². The number of nitrogen functional groups attached to an aromatic ring is 1. The molecule has 1 aromatic carbocycles. The van der Waals surface area contributed by atoms with Crippen LogP contribution in [0, 0.1) is 0 Å². The highest BCUT2D eigenvalue weighted by Gasteiger charge is 2.21. The van der Waals surface area contributed by atoms with E-state index in [-0.39, 0.29) is 0 Å². The Morgan fingerprint density at radius 2 is 2.19 bits per heavy atom. The van der Waals surface area contributed by atoms with Gasteiger partial charge in [0.1, 0.15) is 0 Å². The van der Waals surface area contributed by atoms with E-state index in [1.807, 2.05) is 23.5 Å². The summed E-state index contributed by atoms with van der Waals surface area (Å²) in [5.41, 5.74) is 10.2. The molecule has 106 valence electrons. The Balaban J connectivity index is 1.75. The summed E-state index contributed by atoms with van der Waals surface area (Å²) < 4.78 is 0. The van der Waals surface area contributed by atoms with Gasteiger partial charge in [0.05, 0.1) is 17.2 Å². The summed E-state index contributed by atoms with van der Waals surface area (Å²) >= 11 is 1.87. The standard InChI is InChI=1S/C17H17N3S/c18-13-6-7-15(12-3-2-9-19-17(12)13)20-14-4-1-5-16-11(14)8-10-21-16/h2-3,6-10,14,20H,1,4-5,18H2. The van der Waals surface area contributed by atoms with Gasteiger partial charge in [0.2, 0.25) is 0 Å². The van der Waals surface area contributed by atoms with Crippen LogP contribution in [0.15, 0.2) is 41.9 Å². The summed E-state index contributed by atoms with van der Waals surface area (Å²) in [6.07, 6.45) is 5.43. The number of nitrogens with two attached hydrogens (primary N) is 1. The molecule has 0 radical (unpaired) electrons. The second-order valence-corrected chi connectivity index (χ2v) is 6.49. The van der Waals surface area contributed by atoms with Crippen LogP contribution in [0.25, 0.3) is 10.9 Å². The van der Waals surface area contributed by atoms with Crippen LogP contribution in [-0.4, -0.2) is 4.98 Å². The number of thiophene rings is 1. The monoisotopic (exact) mass is 295 g/mol. The molecule has 0 spiro atoms. The molecule has 0 bridgehead atoms. The molecule has 1 atom stereocenters. The van der Waals surface area contributed by atoms with Gasteiger partial charge in [-0.3, -0.25) is 4.98 Å². The van der Waals surface area contributed by atoms with E-state index in [4.69, 9.17) is 5.73 Å². The second kappa shape index (κ2) is 5.04. The number of aromatic nitrogens is 1. The molecule has 3 N–H and O–H groups in total. The lowest BCUT2D eigenvalue weighted by Crippen LogP contribution is -2.15. The minimum atomic E-state index is 0.395. The molecular formula is C17H17N3S. The summed E-state index contributed by atoms with van der Waals surface area (Å²) in [5, 5.41) is 7.00. The minimum Gasteiger partial charge on any atom is -0.397 e. The summed E-state index contributed by atoms with van der Waals surface area (Å²) in [4.78, 5) is 5.93. The van der Waals surface area contributed by atoms with Crippen LogP contribution in [0.2, 0.25) is 0 Å². The van der Waals surface area contributed by atoms with Crippen molar-refractivity contribution in [2.24, 2.45) is 0 Å². The third kappa shape index (κ3) is 2.16. The van der Waals surface area contributed by atoms with E-state index in [0.717, 1.165) is 22.3 Å². The Kier molecular flexibility index (Phi) is 3.04. The number of fused-ring (bicyclic) bond motifs is 2. The molecule has 0 aliphatic heterocycles. The first-order valence-electron chi connectivity index (χ1n) is 7.29. The molecule has 0 fully saturated rings. The molecule has 1 aliphatic rings. The van der Waals surface area contributed by atoms with Crippen LogP contribution in [0.1, 0.15) is 29.3 Å². The number of hydrogen-bond donors (Lipinski definition) is 2. The molecule has 0 amide bonds. The van der Waals surface area contributed by atoms with E-state index >= 15 is 0 Å². The molecule has 3 nitrogen and oxygen atoms in total. The molecule has 1 unspecified atom stereocenters. The molecular weight excluding hydrogens is 278 g/mol. The van der Waals surface area contributed by atoms with Crippen LogP contribution in [-0.2, 0) is 6.42 Å². The van der Waals surface area contributed by atoms with Crippen molar-refractivity contribution in [1.29, 1.82) is 0 Å². The van der Waals surface area contributed by atoms with Crippen molar-refractivity contribution >= 4 is 33.6 Å². The Morgan fingerprint density at radius 3 is 3.14 bits per heavy atom. The van der Waals surface area contributed by atoms with Crippen molar-refractivity contribution in [3.63, 3.8) is 0 Å². The summed E-state index contributed by atoms with van der Waals surface area (Å²) in [6.45, 7) is 0. The lowest BCUT2D eigenvalue weighted by atomic mass is 9.93.